The molecule has 0 spiro atoms. The second-order valence-corrected chi connectivity index (χ2v) is 4.56. The molecule has 0 bridgehead atoms. The van der Waals surface area contributed by atoms with E-state index >= 15 is 0 Å². The van der Waals surface area contributed by atoms with Crippen molar-refractivity contribution in [1.82, 2.24) is 5.32 Å². The Kier molecular flexibility index (Phi) is 3.23. The van der Waals surface area contributed by atoms with E-state index in [0.29, 0.717) is 6.10 Å². The van der Waals surface area contributed by atoms with Crippen molar-refractivity contribution < 1.29 is 4.74 Å². The summed E-state index contributed by atoms with van der Waals surface area (Å²) in [5.41, 5.74) is 0. The van der Waals surface area contributed by atoms with Crippen LogP contribution in [-0.4, -0.2) is 25.3 Å². The monoisotopic (exact) mass is 183 g/mol. The molecule has 2 aliphatic rings. The summed E-state index contributed by atoms with van der Waals surface area (Å²) in [6.45, 7) is 4.42. The minimum absolute atomic E-state index is 0.507. The maximum atomic E-state index is 5.59. The standard InChI is InChI=1S/C11H21NO/c1-9-4-2-6-11(9)12-8-10-5-3-7-13-10/h9-12H,2-8H2,1H3. The fraction of sp³-hybridized carbons (Fsp3) is 1.00. The van der Waals surface area contributed by atoms with Crippen LogP contribution in [-0.2, 0) is 4.74 Å². The number of ether oxygens (including phenoxy) is 1. The Bertz CT molecular complexity index is 154. The molecule has 0 aromatic carbocycles. The second-order valence-electron chi connectivity index (χ2n) is 4.56. The second kappa shape index (κ2) is 4.43. The Morgan fingerprint density at radius 1 is 1.23 bits per heavy atom. The van der Waals surface area contributed by atoms with E-state index in [1.807, 2.05) is 0 Å². The molecule has 0 radical (unpaired) electrons. The molecule has 1 heterocycles. The van der Waals surface area contributed by atoms with Gasteiger partial charge in [-0.15, -0.1) is 0 Å². The predicted octanol–water partition coefficient (Wildman–Crippen LogP) is 1.94. The highest BCUT2D eigenvalue weighted by molar-refractivity contribution is 4.81. The van der Waals surface area contributed by atoms with Crippen molar-refractivity contribution in [2.75, 3.05) is 13.2 Å². The molecule has 76 valence electrons. The van der Waals surface area contributed by atoms with Gasteiger partial charge >= 0.3 is 0 Å². The lowest BCUT2D eigenvalue weighted by molar-refractivity contribution is 0.106. The molecule has 1 aliphatic heterocycles. The minimum Gasteiger partial charge on any atom is -0.377 e. The lowest BCUT2D eigenvalue weighted by Crippen LogP contribution is -2.36. The van der Waals surface area contributed by atoms with Crippen molar-refractivity contribution >= 4 is 0 Å². The van der Waals surface area contributed by atoms with Crippen LogP contribution in [0.15, 0.2) is 0 Å². The molecule has 1 saturated carbocycles. The van der Waals surface area contributed by atoms with Crippen molar-refractivity contribution in [3.8, 4) is 0 Å². The first-order valence-corrected chi connectivity index (χ1v) is 5.71. The summed E-state index contributed by atoms with van der Waals surface area (Å²) in [4.78, 5) is 0. The first-order chi connectivity index (χ1) is 6.36. The average Bonchev–Trinajstić information content (AvgIpc) is 2.72. The van der Waals surface area contributed by atoms with Crippen LogP contribution in [0, 0.1) is 5.92 Å². The van der Waals surface area contributed by atoms with E-state index in [4.69, 9.17) is 4.74 Å². The zero-order valence-corrected chi connectivity index (χ0v) is 8.59. The van der Waals surface area contributed by atoms with E-state index < -0.39 is 0 Å². The van der Waals surface area contributed by atoms with Gasteiger partial charge in [0.05, 0.1) is 6.10 Å². The van der Waals surface area contributed by atoms with Crippen LogP contribution in [0.3, 0.4) is 0 Å². The normalized spacial score (nSPS) is 39.9. The topological polar surface area (TPSA) is 21.3 Å². The van der Waals surface area contributed by atoms with Crippen LogP contribution in [0.25, 0.3) is 0 Å². The van der Waals surface area contributed by atoms with Gasteiger partial charge in [0, 0.05) is 19.2 Å². The number of hydrogen-bond donors (Lipinski definition) is 1. The highest BCUT2D eigenvalue weighted by Crippen LogP contribution is 2.25. The van der Waals surface area contributed by atoms with Gasteiger partial charge in [-0.05, 0) is 31.6 Å². The van der Waals surface area contributed by atoms with Crippen molar-refractivity contribution in [2.24, 2.45) is 5.92 Å². The number of hydrogen-bond acceptors (Lipinski definition) is 2. The van der Waals surface area contributed by atoms with Crippen LogP contribution in [0.2, 0.25) is 0 Å². The van der Waals surface area contributed by atoms with Crippen LogP contribution in [0.4, 0.5) is 0 Å². The molecule has 2 heteroatoms. The SMILES string of the molecule is CC1CCCC1NCC1CCCO1. The van der Waals surface area contributed by atoms with Gasteiger partial charge in [0.2, 0.25) is 0 Å². The smallest absolute Gasteiger partial charge is 0.0700 e. The van der Waals surface area contributed by atoms with Crippen molar-refractivity contribution in [3.63, 3.8) is 0 Å². The first-order valence-electron chi connectivity index (χ1n) is 5.71. The summed E-state index contributed by atoms with van der Waals surface area (Å²) in [5.74, 6) is 0.876. The molecule has 0 amide bonds. The minimum atomic E-state index is 0.507. The van der Waals surface area contributed by atoms with Crippen molar-refractivity contribution in [2.45, 2.75) is 51.2 Å². The van der Waals surface area contributed by atoms with Crippen LogP contribution in [0.1, 0.15) is 39.0 Å². The van der Waals surface area contributed by atoms with E-state index in [1.165, 1.54) is 32.1 Å². The Morgan fingerprint density at radius 2 is 2.15 bits per heavy atom. The molecule has 2 fully saturated rings. The number of nitrogens with one attached hydrogen (secondary N) is 1. The number of rotatable bonds is 3. The Balaban J connectivity index is 1.66. The maximum absolute atomic E-state index is 5.59. The molecule has 0 aromatic heterocycles. The van der Waals surface area contributed by atoms with Gasteiger partial charge < -0.3 is 10.1 Å². The summed E-state index contributed by atoms with van der Waals surface area (Å²) in [7, 11) is 0. The largest absolute Gasteiger partial charge is 0.377 e. The summed E-state index contributed by atoms with van der Waals surface area (Å²) >= 11 is 0. The van der Waals surface area contributed by atoms with Crippen LogP contribution >= 0.6 is 0 Å². The zero-order chi connectivity index (χ0) is 9.10. The van der Waals surface area contributed by atoms with Crippen LogP contribution in [0.5, 0.6) is 0 Å². The summed E-state index contributed by atoms with van der Waals surface area (Å²) in [5, 5.41) is 3.65. The van der Waals surface area contributed by atoms with Gasteiger partial charge in [-0.25, -0.2) is 0 Å². The maximum Gasteiger partial charge on any atom is 0.0700 e. The molecule has 0 aromatic rings. The van der Waals surface area contributed by atoms with Gasteiger partial charge in [-0.2, -0.15) is 0 Å². The van der Waals surface area contributed by atoms with E-state index in [0.717, 1.165) is 25.1 Å². The van der Waals surface area contributed by atoms with E-state index in [1.54, 1.807) is 0 Å². The third-order valence-electron chi connectivity index (χ3n) is 3.49. The zero-order valence-electron chi connectivity index (χ0n) is 8.59. The Morgan fingerprint density at radius 3 is 2.77 bits per heavy atom. The molecule has 1 N–H and O–H groups in total. The fourth-order valence-electron chi connectivity index (χ4n) is 2.54. The van der Waals surface area contributed by atoms with Crippen molar-refractivity contribution in [1.29, 1.82) is 0 Å². The van der Waals surface area contributed by atoms with Gasteiger partial charge in [-0.1, -0.05) is 13.3 Å². The summed E-state index contributed by atoms with van der Waals surface area (Å²) < 4.78 is 5.59. The van der Waals surface area contributed by atoms with Crippen LogP contribution < -0.4 is 5.32 Å². The molecule has 13 heavy (non-hydrogen) atoms. The lowest BCUT2D eigenvalue weighted by atomic mass is 10.1. The van der Waals surface area contributed by atoms with Gasteiger partial charge in [0.25, 0.3) is 0 Å². The molecule has 1 aliphatic carbocycles. The molecule has 3 unspecified atom stereocenters. The Labute approximate surface area is 81.0 Å². The van der Waals surface area contributed by atoms with E-state index in [9.17, 15) is 0 Å². The molecule has 1 saturated heterocycles. The first kappa shape index (κ1) is 9.47. The third-order valence-corrected chi connectivity index (χ3v) is 3.49. The molecule has 3 atom stereocenters. The highest BCUT2D eigenvalue weighted by Gasteiger charge is 2.24. The quantitative estimate of drug-likeness (QED) is 0.722. The highest BCUT2D eigenvalue weighted by atomic mass is 16.5. The summed E-state index contributed by atoms with van der Waals surface area (Å²) in [6, 6.07) is 0.768. The Hall–Kier alpha value is -0.0800. The molecular formula is C11H21NO. The molecule has 2 nitrogen and oxygen atoms in total. The summed E-state index contributed by atoms with van der Waals surface area (Å²) in [6.07, 6.45) is 7.20. The van der Waals surface area contributed by atoms with Gasteiger partial charge in [0.1, 0.15) is 0 Å². The van der Waals surface area contributed by atoms with E-state index in [-0.39, 0.29) is 0 Å². The van der Waals surface area contributed by atoms with Gasteiger partial charge in [-0.3, -0.25) is 0 Å². The predicted molar refractivity (Wildman–Crippen MR) is 53.8 cm³/mol. The third kappa shape index (κ3) is 2.44. The fourth-order valence-corrected chi connectivity index (χ4v) is 2.54. The molecular weight excluding hydrogens is 162 g/mol. The lowest BCUT2D eigenvalue weighted by Gasteiger charge is -2.19. The average molecular weight is 183 g/mol. The van der Waals surface area contributed by atoms with E-state index in [2.05, 4.69) is 12.2 Å². The van der Waals surface area contributed by atoms with Crippen molar-refractivity contribution in [3.05, 3.63) is 0 Å². The molecule has 2 rings (SSSR count). The van der Waals surface area contributed by atoms with Gasteiger partial charge in [0.15, 0.2) is 0 Å².